The predicted octanol–water partition coefficient (Wildman–Crippen LogP) is 6.45. The Morgan fingerprint density at radius 3 is 2.31 bits per heavy atom. The van der Waals surface area contributed by atoms with Gasteiger partial charge in [-0.15, -0.1) is 0 Å². The van der Waals surface area contributed by atoms with Gasteiger partial charge < -0.3 is 19.7 Å². The highest BCUT2D eigenvalue weighted by molar-refractivity contribution is 6.14. The van der Waals surface area contributed by atoms with Crippen LogP contribution in [0.1, 0.15) is 91.7 Å². The van der Waals surface area contributed by atoms with E-state index in [1.807, 2.05) is 40.5 Å². The second kappa shape index (κ2) is 19.0. The van der Waals surface area contributed by atoms with E-state index in [0.29, 0.717) is 96.6 Å². The van der Waals surface area contributed by atoms with Crippen molar-refractivity contribution in [3.8, 4) is 5.69 Å². The Balaban J connectivity index is 0.731. The second-order valence-electron chi connectivity index (χ2n) is 20.6. The zero-order valence-electron chi connectivity index (χ0n) is 41.7. The Morgan fingerprint density at radius 2 is 1.62 bits per heavy atom. The van der Waals surface area contributed by atoms with Crippen molar-refractivity contribution in [3.05, 3.63) is 117 Å². The second-order valence-corrected chi connectivity index (χ2v) is 20.6. The minimum atomic E-state index is -0.976. The quantitative estimate of drug-likeness (QED) is 0.150. The van der Waals surface area contributed by atoms with Gasteiger partial charge in [0, 0.05) is 126 Å². The molecule has 1 unspecified atom stereocenters. The van der Waals surface area contributed by atoms with Gasteiger partial charge in [0.2, 0.25) is 17.7 Å². The molecule has 3 saturated heterocycles. The summed E-state index contributed by atoms with van der Waals surface area (Å²) in [6.07, 6.45) is 7.41. The maximum atomic E-state index is 16.1. The van der Waals surface area contributed by atoms with Crippen LogP contribution in [0.25, 0.3) is 22.3 Å². The third-order valence-corrected chi connectivity index (χ3v) is 16.0. The number of aryl methyl sites for hydroxylation is 2. The van der Waals surface area contributed by atoms with E-state index in [-0.39, 0.29) is 47.9 Å². The molecule has 10 rings (SSSR count). The number of aromatic nitrogens is 3. The van der Waals surface area contributed by atoms with Gasteiger partial charge in [0.25, 0.3) is 11.5 Å². The van der Waals surface area contributed by atoms with Crippen molar-refractivity contribution >= 4 is 57.3 Å². The highest BCUT2D eigenvalue weighted by atomic mass is 19.1. The number of likely N-dealkylation sites (tertiary alicyclic amines) is 1. The maximum absolute atomic E-state index is 16.1. The van der Waals surface area contributed by atoms with Gasteiger partial charge in [0.1, 0.15) is 23.3 Å². The highest BCUT2D eigenvalue weighted by Gasteiger charge is 2.50. The normalized spacial score (nSPS) is 20.5. The molecule has 2 aromatic carbocycles. The van der Waals surface area contributed by atoms with Crippen LogP contribution in [-0.4, -0.2) is 124 Å². The van der Waals surface area contributed by atoms with Gasteiger partial charge >= 0.3 is 0 Å². The van der Waals surface area contributed by atoms with E-state index in [1.165, 1.54) is 33.9 Å². The standard InChI is InChI=1S/C54H61F3N10O5/c1-31-23-35(24-39(56)49(31)34-12-17-63(18-13-34)32(2)44-25-36-42(9-14-59-50(36)61(44)6)66-30-40(57)41(58-5)28-48(66)69)52(71)65-15-10-33(11-16-65)29-62-19-21-64(22-20-62)46-26-37-45(27-38(46)55)67(53(72)54(37,3)4)43-7-8-47(68)60-51(43)70/h9,12,14,23-28,30,32-33,43,58H,7-8,10-11,13,15-22,29H2,1-6H3,(H,60,68,70)/t32-,43?/m0/s1. The van der Waals surface area contributed by atoms with Crippen molar-refractivity contribution in [1.82, 2.24) is 34.1 Å². The van der Waals surface area contributed by atoms with Crippen LogP contribution in [0, 0.1) is 30.3 Å². The molecule has 378 valence electrons. The summed E-state index contributed by atoms with van der Waals surface area (Å²) in [6.45, 7) is 13.4. The SMILES string of the molecule is CNc1cc(=O)n(-c2ccnc3c2cc([C@H](C)N2CC=C(c4c(C)cc(C(=O)N5CCC(CN6CCN(c7cc8c(cc7F)N(C7CCC(=O)NC7=O)C(=O)C8(C)C)CC6)CC5)cc4F)CC2)n3C)cc1F. The summed E-state index contributed by atoms with van der Waals surface area (Å²) in [5.41, 5.74) is 4.91. The fourth-order valence-electron chi connectivity index (χ4n) is 11.7. The molecular weight excluding hydrogens is 926 g/mol. The van der Waals surface area contributed by atoms with Gasteiger partial charge in [-0.25, -0.2) is 18.2 Å². The number of anilines is 3. The number of hydrogen-bond donors (Lipinski definition) is 2. The van der Waals surface area contributed by atoms with E-state index < -0.39 is 34.8 Å². The number of amides is 4. The van der Waals surface area contributed by atoms with Gasteiger partial charge in [-0.3, -0.25) is 48.6 Å². The van der Waals surface area contributed by atoms with E-state index in [0.717, 1.165) is 49.1 Å². The average molecular weight is 987 g/mol. The molecule has 8 heterocycles. The Morgan fingerprint density at radius 1 is 0.875 bits per heavy atom. The number of pyridine rings is 2. The number of nitrogens with zero attached hydrogens (tertiary/aromatic N) is 8. The van der Waals surface area contributed by atoms with Crippen molar-refractivity contribution < 1.29 is 32.3 Å². The number of nitrogens with one attached hydrogen (secondary N) is 2. The summed E-state index contributed by atoms with van der Waals surface area (Å²) in [5, 5.41) is 5.75. The number of piperidine rings is 2. The average Bonchev–Trinajstić information content (AvgIpc) is 3.80. The van der Waals surface area contributed by atoms with Gasteiger partial charge in [-0.05, 0) is 106 Å². The monoisotopic (exact) mass is 986 g/mol. The minimum Gasteiger partial charge on any atom is -0.386 e. The molecule has 0 saturated carbocycles. The van der Waals surface area contributed by atoms with Crippen molar-refractivity contribution in [2.45, 2.75) is 77.3 Å². The lowest BCUT2D eigenvalue weighted by molar-refractivity contribution is -0.136. The van der Waals surface area contributed by atoms with Gasteiger partial charge in [0.05, 0.1) is 34.4 Å². The van der Waals surface area contributed by atoms with Crippen LogP contribution in [0.2, 0.25) is 0 Å². The summed E-state index contributed by atoms with van der Waals surface area (Å²) in [6, 6.07) is 10.3. The maximum Gasteiger partial charge on any atom is 0.257 e. The molecule has 5 aliphatic rings. The summed E-state index contributed by atoms with van der Waals surface area (Å²) in [5.74, 6) is -2.43. The summed E-state index contributed by atoms with van der Waals surface area (Å²) in [4.78, 5) is 79.6. The fourth-order valence-corrected chi connectivity index (χ4v) is 11.7. The minimum absolute atomic E-state index is 0.0608. The Kier molecular flexibility index (Phi) is 12.9. The van der Waals surface area contributed by atoms with Crippen LogP contribution >= 0.6 is 0 Å². The summed E-state index contributed by atoms with van der Waals surface area (Å²) in [7, 11) is 3.49. The molecule has 3 fully saturated rings. The molecule has 0 aliphatic carbocycles. The zero-order chi connectivity index (χ0) is 50.9. The molecule has 18 heteroatoms. The third-order valence-electron chi connectivity index (χ3n) is 16.0. The predicted molar refractivity (Wildman–Crippen MR) is 270 cm³/mol. The van der Waals surface area contributed by atoms with E-state index in [1.54, 1.807) is 39.2 Å². The molecule has 3 aromatic heterocycles. The molecule has 4 amide bonds. The third kappa shape index (κ3) is 8.65. The number of carbonyl (C=O) groups is 4. The number of fused-ring (bicyclic) bond motifs is 2. The Labute approximate surface area is 416 Å². The van der Waals surface area contributed by atoms with Crippen LogP contribution < -0.4 is 26.0 Å². The van der Waals surface area contributed by atoms with E-state index >= 15 is 8.78 Å². The van der Waals surface area contributed by atoms with Crippen LogP contribution in [0.5, 0.6) is 0 Å². The number of hydrogen-bond acceptors (Lipinski definition) is 10. The molecular formula is C54H61F3N10O5. The lowest BCUT2D eigenvalue weighted by Gasteiger charge is -2.40. The molecule has 2 atom stereocenters. The summed E-state index contributed by atoms with van der Waals surface area (Å²) < 4.78 is 50.1. The van der Waals surface area contributed by atoms with Crippen molar-refractivity contribution in [3.63, 3.8) is 0 Å². The number of imide groups is 1. The van der Waals surface area contributed by atoms with Crippen molar-refractivity contribution in [1.29, 1.82) is 0 Å². The first-order valence-corrected chi connectivity index (χ1v) is 25.0. The Bertz CT molecular complexity index is 3110. The molecule has 72 heavy (non-hydrogen) atoms. The highest BCUT2D eigenvalue weighted by Crippen LogP contribution is 2.46. The lowest BCUT2D eigenvalue weighted by atomic mass is 9.85. The van der Waals surface area contributed by atoms with Gasteiger partial charge in [-0.1, -0.05) is 6.08 Å². The number of halogens is 3. The smallest absolute Gasteiger partial charge is 0.257 e. The molecule has 15 nitrogen and oxygen atoms in total. The Hall–Kier alpha value is -6.79. The number of piperazine rings is 1. The topological polar surface area (TPSA) is 148 Å². The molecule has 2 N–H and O–H groups in total. The molecule has 0 radical (unpaired) electrons. The largest absolute Gasteiger partial charge is 0.386 e. The molecule has 0 bridgehead atoms. The van der Waals surface area contributed by atoms with Gasteiger partial charge in [0.15, 0.2) is 5.82 Å². The molecule has 5 aliphatic heterocycles. The van der Waals surface area contributed by atoms with Gasteiger partial charge in [-0.2, -0.15) is 0 Å². The zero-order valence-corrected chi connectivity index (χ0v) is 41.7. The first-order valence-electron chi connectivity index (χ1n) is 25.0. The molecule has 0 spiro atoms. The van der Waals surface area contributed by atoms with Crippen LogP contribution in [-0.2, 0) is 26.8 Å². The van der Waals surface area contributed by atoms with Crippen molar-refractivity contribution in [2.75, 3.05) is 81.1 Å². The summed E-state index contributed by atoms with van der Waals surface area (Å²) >= 11 is 0. The van der Waals surface area contributed by atoms with Crippen LogP contribution in [0.3, 0.4) is 0 Å². The van der Waals surface area contributed by atoms with E-state index in [2.05, 4.69) is 38.4 Å². The van der Waals surface area contributed by atoms with Crippen molar-refractivity contribution in [2.24, 2.45) is 13.0 Å². The van der Waals surface area contributed by atoms with E-state index in [4.69, 9.17) is 0 Å². The van der Waals surface area contributed by atoms with Crippen LogP contribution in [0.4, 0.5) is 30.2 Å². The molecule has 5 aromatic rings. The lowest BCUT2D eigenvalue weighted by Crippen LogP contribution is -2.55. The van der Waals surface area contributed by atoms with Crippen LogP contribution in [0.15, 0.2) is 65.7 Å². The van der Waals surface area contributed by atoms with E-state index in [9.17, 15) is 28.4 Å². The fraction of sp³-hybridized carbons (Fsp3) is 0.444. The number of carbonyl (C=O) groups excluding carboxylic acids is 4. The number of rotatable bonds is 10. The first-order chi connectivity index (χ1) is 34.4. The number of benzene rings is 2. The first kappa shape index (κ1) is 48.8.